The molecular weight excluding hydrogens is 442 g/mol. The molecule has 2 aromatic carbocycles. The minimum absolute atomic E-state index is 0. The van der Waals surface area contributed by atoms with E-state index in [1.54, 1.807) is 24.8 Å². The SMILES string of the molecule is Cl.N=C(Nc1cnccn1)N1CCN(C=C2N=C(c3cccc4ccccc34)OC2=O)CC1. The van der Waals surface area contributed by atoms with E-state index in [4.69, 9.17) is 10.1 Å². The second kappa shape index (κ2) is 9.66. The van der Waals surface area contributed by atoms with Gasteiger partial charge in [-0.25, -0.2) is 14.8 Å². The van der Waals surface area contributed by atoms with Gasteiger partial charge in [0.05, 0.1) is 6.20 Å². The summed E-state index contributed by atoms with van der Waals surface area (Å²) in [4.78, 5) is 29.0. The van der Waals surface area contributed by atoms with Crippen LogP contribution in [0.1, 0.15) is 5.56 Å². The van der Waals surface area contributed by atoms with Crippen LogP contribution in [0.5, 0.6) is 0 Å². The number of hydrogen-bond acceptors (Lipinski definition) is 7. The van der Waals surface area contributed by atoms with E-state index in [0.29, 0.717) is 37.9 Å². The molecule has 0 bridgehead atoms. The van der Waals surface area contributed by atoms with Crippen LogP contribution in [0.4, 0.5) is 5.82 Å². The van der Waals surface area contributed by atoms with Gasteiger partial charge in [-0.2, -0.15) is 0 Å². The highest BCUT2D eigenvalue weighted by molar-refractivity contribution is 6.16. The van der Waals surface area contributed by atoms with E-state index < -0.39 is 5.97 Å². The summed E-state index contributed by atoms with van der Waals surface area (Å²) >= 11 is 0. The monoisotopic (exact) mass is 463 g/mol. The molecule has 0 spiro atoms. The summed E-state index contributed by atoms with van der Waals surface area (Å²) in [6.07, 6.45) is 6.49. The number of cyclic esters (lactones) is 1. The number of nitrogens with one attached hydrogen (secondary N) is 2. The number of aromatic nitrogens is 2. The third kappa shape index (κ3) is 4.78. The van der Waals surface area contributed by atoms with Gasteiger partial charge in [-0.15, -0.1) is 12.4 Å². The Labute approximate surface area is 196 Å². The second-order valence-electron chi connectivity index (χ2n) is 7.43. The maximum absolute atomic E-state index is 12.4. The van der Waals surface area contributed by atoms with Crippen LogP contribution in [0.2, 0.25) is 0 Å². The Morgan fingerprint density at radius 3 is 2.64 bits per heavy atom. The summed E-state index contributed by atoms with van der Waals surface area (Å²) in [7, 11) is 0. The predicted molar refractivity (Wildman–Crippen MR) is 128 cm³/mol. The number of carbonyl (C=O) groups is 1. The van der Waals surface area contributed by atoms with Crippen LogP contribution in [0.15, 0.2) is 77.9 Å². The minimum atomic E-state index is -0.451. The lowest BCUT2D eigenvalue weighted by molar-refractivity contribution is -0.130. The number of anilines is 1. The summed E-state index contributed by atoms with van der Waals surface area (Å²) in [6.45, 7) is 2.57. The van der Waals surface area contributed by atoms with Crippen LogP contribution >= 0.6 is 12.4 Å². The average molecular weight is 464 g/mol. The van der Waals surface area contributed by atoms with E-state index in [2.05, 4.69) is 20.3 Å². The number of nitrogens with zero attached hydrogens (tertiary/aromatic N) is 5. The zero-order valence-corrected chi connectivity index (χ0v) is 18.5. The fraction of sp³-hybridized carbons (Fsp3) is 0.174. The van der Waals surface area contributed by atoms with Crippen molar-refractivity contribution in [2.24, 2.45) is 4.99 Å². The lowest BCUT2D eigenvalue weighted by Gasteiger charge is -2.35. The van der Waals surface area contributed by atoms with Crippen molar-refractivity contribution in [2.45, 2.75) is 0 Å². The quantitative estimate of drug-likeness (QED) is 0.266. The maximum atomic E-state index is 12.4. The molecular formula is C23H22ClN7O2. The van der Waals surface area contributed by atoms with E-state index in [1.165, 1.54) is 0 Å². The minimum Gasteiger partial charge on any atom is -0.402 e. The molecule has 9 nitrogen and oxygen atoms in total. The van der Waals surface area contributed by atoms with Gasteiger partial charge in [0.1, 0.15) is 0 Å². The number of hydrogen-bond donors (Lipinski definition) is 2. The Hall–Kier alpha value is -3.98. The number of aliphatic imine (C=N–C) groups is 1. The molecule has 1 fully saturated rings. The van der Waals surface area contributed by atoms with Crippen molar-refractivity contribution < 1.29 is 9.53 Å². The molecule has 3 aromatic rings. The zero-order valence-electron chi connectivity index (χ0n) is 17.6. The smallest absolute Gasteiger partial charge is 0.365 e. The van der Waals surface area contributed by atoms with Gasteiger partial charge in [0.2, 0.25) is 5.90 Å². The molecule has 0 radical (unpaired) electrons. The summed E-state index contributed by atoms with van der Waals surface area (Å²) in [5, 5.41) is 13.3. The largest absolute Gasteiger partial charge is 0.402 e. The molecule has 2 aliphatic heterocycles. The molecule has 0 amide bonds. The van der Waals surface area contributed by atoms with E-state index in [1.807, 2.05) is 52.3 Å². The van der Waals surface area contributed by atoms with Gasteiger partial charge in [0.15, 0.2) is 17.5 Å². The maximum Gasteiger partial charge on any atom is 0.365 e. The van der Waals surface area contributed by atoms with Crippen molar-refractivity contribution >= 4 is 46.8 Å². The van der Waals surface area contributed by atoms with Crippen LogP contribution in [0.25, 0.3) is 10.8 Å². The lowest BCUT2D eigenvalue weighted by atomic mass is 10.0. The molecule has 33 heavy (non-hydrogen) atoms. The van der Waals surface area contributed by atoms with Crippen LogP contribution in [-0.4, -0.2) is 63.8 Å². The van der Waals surface area contributed by atoms with Crippen molar-refractivity contribution in [3.05, 3.63) is 78.5 Å². The summed E-state index contributed by atoms with van der Waals surface area (Å²) in [6, 6.07) is 13.8. The second-order valence-corrected chi connectivity index (χ2v) is 7.43. The highest BCUT2D eigenvalue weighted by atomic mass is 35.5. The number of piperazine rings is 1. The summed E-state index contributed by atoms with van der Waals surface area (Å²) < 4.78 is 5.48. The number of guanidine groups is 1. The first-order valence-corrected chi connectivity index (χ1v) is 10.3. The number of rotatable bonds is 3. The highest BCUT2D eigenvalue weighted by Crippen LogP contribution is 2.24. The number of ether oxygens (including phenoxy) is 1. The molecule has 0 saturated carbocycles. The Kier molecular flexibility index (Phi) is 6.50. The highest BCUT2D eigenvalue weighted by Gasteiger charge is 2.27. The van der Waals surface area contributed by atoms with Crippen LogP contribution < -0.4 is 5.32 Å². The van der Waals surface area contributed by atoms with Crippen molar-refractivity contribution in [1.82, 2.24) is 19.8 Å². The van der Waals surface area contributed by atoms with Crippen LogP contribution in [0, 0.1) is 5.41 Å². The van der Waals surface area contributed by atoms with Gasteiger partial charge >= 0.3 is 5.97 Å². The topological polar surface area (TPSA) is 107 Å². The Bertz CT molecular complexity index is 1230. The van der Waals surface area contributed by atoms with Crippen LogP contribution in [-0.2, 0) is 9.53 Å². The number of fused-ring (bicyclic) bond motifs is 1. The van der Waals surface area contributed by atoms with E-state index in [-0.39, 0.29) is 24.1 Å². The summed E-state index contributed by atoms with van der Waals surface area (Å²) in [5.74, 6) is 0.680. The van der Waals surface area contributed by atoms with Gasteiger partial charge in [0, 0.05) is 50.3 Å². The lowest BCUT2D eigenvalue weighted by Crippen LogP contribution is -2.48. The first-order valence-electron chi connectivity index (χ1n) is 10.3. The first kappa shape index (κ1) is 22.2. The third-order valence-electron chi connectivity index (χ3n) is 5.39. The molecule has 0 unspecified atom stereocenters. The Morgan fingerprint density at radius 2 is 1.85 bits per heavy atom. The van der Waals surface area contributed by atoms with Crippen molar-refractivity contribution in [3.63, 3.8) is 0 Å². The number of halogens is 1. The van der Waals surface area contributed by atoms with Gasteiger partial charge in [-0.05, 0) is 16.8 Å². The number of esters is 1. The van der Waals surface area contributed by atoms with Gasteiger partial charge < -0.3 is 19.9 Å². The van der Waals surface area contributed by atoms with E-state index in [0.717, 1.165) is 16.3 Å². The molecule has 0 atom stereocenters. The molecule has 168 valence electrons. The predicted octanol–water partition coefficient (Wildman–Crippen LogP) is 2.86. The van der Waals surface area contributed by atoms with E-state index >= 15 is 0 Å². The molecule has 1 aromatic heterocycles. The normalized spacial score (nSPS) is 16.9. The van der Waals surface area contributed by atoms with E-state index in [9.17, 15) is 4.79 Å². The van der Waals surface area contributed by atoms with Crippen LogP contribution in [0.3, 0.4) is 0 Å². The van der Waals surface area contributed by atoms with Crippen molar-refractivity contribution in [3.8, 4) is 0 Å². The van der Waals surface area contributed by atoms with Crippen molar-refractivity contribution in [2.75, 3.05) is 31.5 Å². The molecule has 3 heterocycles. The number of carbonyl (C=O) groups excluding carboxylic acids is 1. The standard InChI is InChI=1S/C23H21N7O2.ClH/c24-23(28-20-14-25-8-9-26-20)30-12-10-29(11-13-30)15-19-22(31)32-21(27-19)18-7-3-5-16-4-1-2-6-17(16)18;/h1-9,14-15H,10-13H2,(H2,24,26,28);1H. The Morgan fingerprint density at radius 1 is 1.06 bits per heavy atom. The number of benzene rings is 2. The van der Waals surface area contributed by atoms with Gasteiger partial charge in [0.25, 0.3) is 0 Å². The molecule has 2 N–H and O–H groups in total. The molecule has 1 saturated heterocycles. The van der Waals surface area contributed by atoms with Gasteiger partial charge in [-0.3, -0.25) is 10.4 Å². The third-order valence-corrected chi connectivity index (χ3v) is 5.39. The summed E-state index contributed by atoms with van der Waals surface area (Å²) in [5.41, 5.74) is 1.09. The van der Waals surface area contributed by atoms with Crippen molar-refractivity contribution in [1.29, 1.82) is 5.41 Å². The molecule has 2 aliphatic rings. The molecule has 0 aliphatic carbocycles. The average Bonchev–Trinajstić information content (AvgIpc) is 3.19. The fourth-order valence-corrected chi connectivity index (χ4v) is 3.74. The Balaban J connectivity index is 0.00000259. The molecule has 10 heteroatoms. The molecule has 5 rings (SSSR count). The first-order chi connectivity index (χ1) is 15.7. The zero-order chi connectivity index (χ0) is 21.9. The fourth-order valence-electron chi connectivity index (χ4n) is 3.74. The van der Waals surface area contributed by atoms with Gasteiger partial charge in [-0.1, -0.05) is 36.4 Å².